The Morgan fingerprint density at radius 1 is 1.22 bits per heavy atom. The van der Waals surface area contributed by atoms with Crippen molar-refractivity contribution in [3.8, 4) is 0 Å². The predicted octanol–water partition coefficient (Wildman–Crippen LogP) is 3.92. The maximum Gasteiger partial charge on any atom is 0.122 e. The number of nitrogens with one attached hydrogen (secondary N) is 3. The van der Waals surface area contributed by atoms with Crippen molar-refractivity contribution in [1.82, 2.24) is 9.88 Å². The van der Waals surface area contributed by atoms with E-state index in [1.165, 1.54) is 11.1 Å². The number of fused-ring (bicyclic) bond motifs is 1. The van der Waals surface area contributed by atoms with E-state index in [0.717, 1.165) is 68.5 Å². The van der Waals surface area contributed by atoms with E-state index in [-0.39, 0.29) is 5.84 Å². The van der Waals surface area contributed by atoms with Crippen LogP contribution in [-0.2, 0) is 13.0 Å². The molecule has 0 bridgehead atoms. The molecule has 0 radical (unpaired) electrons. The molecule has 0 amide bonds. The van der Waals surface area contributed by atoms with Crippen LogP contribution in [0.2, 0.25) is 0 Å². The van der Waals surface area contributed by atoms with Crippen molar-refractivity contribution in [3.05, 3.63) is 35.5 Å². The average molecular weight is 368 g/mol. The fraction of sp³-hybridized carbons (Fsp3) is 0.545. The number of piperidine rings is 1. The second-order valence-corrected chi connectivity index (χ2v) is 7.69. The lowest BCUT2D eigenvalue weighted by Gasteiger charge is -2.28. The topological polar surface area (TPSA) is 90.7 Å². The number of aryl methyl sites for hydroxylation is 2. The standard InChI is InChI=1S/C22H33N5/c1-3-15(21(23)16-9-11-26-12-10-16)7-8-19-13-17-5-6-18(22(24)25)14-20(17)27(19)4-2/h5-6,13-16,23,26H,3-4,7-12H2,1-2H3,(H3,24,25)/t15-/m0/s1. The fourth-order valence-corrected chi connectivity index (χ4v) is 4.43. The molecular weight excluding hydrogens is 334 g/mol. The van der Waals surface area contributed by atoms with Gasteiger partial charge in [0.25, 0.3) is 0 Å². The zero-order valence-corrected chi connectivity index (χ0v) is 16.6. The van der Waals surface area contributed by atoms with Crippen LogP contribution in [-0.4, -0.2) is 29.2 Å². The molecule has 0 unspecified atom stereocenters. The Balaban J connectivity index is 1.76. The summed E-state index contributed by atoms with van der Waals surface area (Å²) in [5.74, 6) is 0.958. The Bertz CT molecular complexity index is 813. The quantitative estimate of drug-likeness (QED) is 0.421. The highest BCUT2D eigenvalue weighted by Crippen LogP contribution is 2.27. The van der Waals surface area contributed by atoms with Crippen molar-refractivity contribution >= 4 is 22.5 Å². The number of hydrogen-bond donors (Lipinski definition) is 4. The monoisotopic (exact) mass is 367 g/mol. The lowest BCUT2D eigenvalue weighted by Crippen LogP contribution is -2.34. The number of rotatable bonds is 8. The second-order valence-electron chi connectivity index (χ2n) is 7.69. The van der Waals surface area contributed by atoms with Crippen LogP contribution in [0.15, 0.2) is 24.3 Å². The second kappa shape index (κ2) is 8.70. The van der Waals surface area contributed by atoms with Crippen LogP contribution in [0.3, 0.4) is 0 Å². The van der Waals surface area contributed by atoms with E-state index < -0.39 is 0 Å². The van der Waals surface area contributed by atoms with Gasteiger partial charge in [0.15, 0.2) is 0 Å². The van der Waals surface area contributed by atoms with E-state index in [4.69, 9.17) is 16.6 Å². The third-order valence-corrected chi connectivity index (χ3v) is 6.08. The lowest BCUT2D eigenvalue weighted by molar-refractivity contribution is 0.431. The van der Waals surface area contributed by atoms with Crippen molar-refractivity contribution in [3.63, 3.8) is 0 Å². The Morgan fingerprint density at radius 2 is 1.96 bits per heavy atom. The Labute approximate surface area is 162 Å². The molecule has 5 N–H and O–H groups in total. The van der Waals surface area contributed by atoms with Gasteiger partial charge in [-0.2, -0.15) is 0 Å². The van der Waals surface area contributed by atoms with Crippen LogP contribution in [0, 0.1) is 22.7 Å². The van der Waals surface area contributed by atoms with E-state index in [9.17, 15) is 0 Å². The third-order valence-electron chi connectivity index (χ3n) is 6.08. The van der Waals surface area contributed by atoms with Gasteiger partial charge in [-0.25, -0.2) is 0 Å². The molecule has 1 aliphatic heterocycles. The van der Waals surface area contributed by atoms with Gasteiger partial charge in [-0.15, -0.1) is 0 Å². The van der Waals surface area contributed by atoms with Crippen molar-refractivity contribution in [1.29, 1.82) is 10.8 Å². The molecule has 0 aliphatic carbocycles. The number of nitrogens with zero attached hydrogens (tertiary/aromatic N) is 1. The molecule has 5 heteroatoms. The minimum Gasteiger partial charge on any atom is -0.384 e. The van der Waals surface area contributed by atoms with Crippen LogP contribution in [0.1, 0.15) is 50.8 Å². The van der Waals surface area contributed by atoms with Crippen LogP contribution >= 0.6 is 0 Å². The molecule has 0 spiro atoms. The van der Waals surface area contributed by atoms with E-state index in [1.54, 1.807) is 0 Å². The molecule has 3 rings (SSSR count). The number of aromatic nitrogens is 1. The molecule has 1 fully saturated rings. The molecule has 5 nitrogen and oxygen atoms in total. The van der Waals surface area contributed by atoms with Crippen LogP contribution in [0.25, 0.3) is 10.9 Å². The Hall–Kier alpha value is -2.14. The molecule has 27 heavy (non-hydrogen) atoms. The first-order chi connectivity index (χ1) is 13.0. The first-order valence-corrected chi connectivity index (χ1v) is 10.3. The molecule has 1 aliphatic rings. The van der Waals surface area contributed by atoms with Gasteiger partial charge in [-0.3, -0.25) is 5.41 Å². The normalized spacial score (nSPS) is 16.5. The van der Waals surface area contributed by atoms with Gasteiger partial charge >= 0.3 is 0 Å². The van der Waals surface area contributed by atoms with Gasteiger partial charge in [0.2, 0.25) is 0 Å². The van der Waals surface area contributed by atoms with E-state index >= 15 is 0 Å². The number of nitrogen functional groups attached to an aromatic ring is 1. The van der Waals surface area contributed by atoms with Gasteiger partial charge in [-0.1, -0.05) is 19.1 Å². The smallest absolute Gasteiger partial charge is 0.122 e. The SMILES string of the molecule is CC[C@@H](CCc1cc2ccc(C(=N)N)cc2n1CC)C(=N)C1CCNCC1. The minimum atomic E-state index is 0.115. The predicted molar refractivity (Wildman–Crippen MR) is 114 cm³/mol. The highest BCUT2D eigenvalue weighted by Gasteiger charge is 2.24. The molecule has 1 aromatic carbocycles. The van der Waals surface area contributed by atoms with E-state index in [2.05, 4.69) is 35.9 Å². The number of hydrogen-bond acceptors (Lipinski definition) is 3. The fourth-order valence-electron chi connectivity index (χ4n) is 4.43. The number of benzene rings is 1. The molecule has 1 saturated heterocycles. The first-order valence-electron chi connectivity index (χ1n) is 10.3. The van der Waals surface area contributed by atoms with Gasteiger partial charge in [0, 0.05) is 29.0 Å². The molecule has 1 atom stereocenters. The highest BCUT2D eigenvalue weighted by atomic mass is 15.0. The molecular formula is C22H33N5. The summed E-state index contributed by atoms with van der Waals surface area (Å²) in [6, 6.07) is 8.29. The number of nitrogens with two attached hydrogens (primary N) is 1. The summed E-state index contributed by atoms with van der Waals surface area (Å²) in [5, 5.41) is 21.0. The van der Waals surface area contributed by atoms with E-state index in [1.807, 2.05) is 12.1 Å². The summed E-state index contributed by atoms with van der Waals surface area (Å²) in [6.45, 7) is 7.38. The van der Waals surface area contributed by atoms with Crippen LogP contribution < -0.4 is 11.1 Å². The number of amidine groups is 1. The van der Waals surface area contributed by atoms with Gasteiger partial charge in [0.05, 0.1) is 0 Å². The van der Waals surface area contributed by atoms with Crippen molar-refractivity contribution in [2.75, 3.05) is 13.1 Å². The molecule has 0 saturated carbocycles. The summed E-state index contributed by atoms with van der Waals surface area (Å²) >= 11 is 0. The summed E-state index contributed by atoms with van der Waals surface area (Å²) in [7, 11) is 0. The average Bonchev–Trinajstić information content (AvgIpc) is 3.05. The van der Waals surface area contributed by atoms with Crippen molar-refractivity contribution in [2.45, 2.75) is 52.5 Å². The maximum atomic E-state index is 8.72. The Morgan fingerprint density at radius 3 is 2.59 bits per heavy atom. The zero-order valence-electron chi connectivity index (χ0n) is 16.6. The van der Waals surface area contributed by atoms with Crippen molar-refractivity contribution in [2.24, 2.45) is 17.6 Å². The molecule has 2 aromatic rings. The highest BCUT2D eigenvalue weighted by molar-refractivity contribution is 5.98. The largest absolute Gasteiger partial charge is 0.384 e. The summed E-state index contributed by atoms with van der Waals surface area (Å²) in [6.07, 6.45) is 5.29. The lowest BCUT2D eigenvalue weighted by atomic mass is 9.82. The van der Waals surface area contributed by atoms with Crippen LogP contribution in [0.5, 0.6) is 0 Å². The maximum absolute atomic E-state index is 8.72. The van der Waals surface area contributed by atoms with Gasteiger partial charge < -0.3 is 21.0 Å². The minimum absolute atomic E-state index is 0.115. The summed E-state index contributed by atoms with van der Waals surface area (Å²) in [4.78, 5) is 0. The third kappa shape index (κ3) is 4.24. The van der Waals surface area contributed by atoms with Gasteiger partial charge in [-0.05, 0) is 81.5 Å². The van der Waals surface area contributed by atoms with Gasteiger partial charge in [0.1, 0.15) is 5.84 Å². The van der Waals surface area contributed by atoms with Crippen LogP contribution in [0.4, 0.5) is 0 Å². The zero-order chi connectivity index (χ0) is 19.4. The molecule has 1 aromatic heterocycles. The molecule has 146 valence electrons. The molecule has 2 heterocycles. The van der Waals surface area contributed by atoms with E-state index in [0.29, 0.717) is 11.8 Å². The summed E-state index contributed by atoms with van der Waals surface area (Å²) in [5.41, 5.74) is 9.90. The Kier molecular flexibility index (Phi) is 6.32. The summed E-state index contributed by atoms with van der Waals surface area (Å²) < 4.78 is 2.34. The van der Waals surface area contributed by atoms with Crippen molar-refractivity contribution < 1.29 is 0 Å². The first kappa shape index (κ1) is 19.6.